The second-order valence-corrected chi connectivity index (χ2v) is 6.44. The average Bonchev–Trinajstić information content (AvgIpc) is 2.87. The molecule has 2 aromatic rings. The molecule has 9 nitrogen and oxygen atoms in total. The molecule has 28 heavy (non-hydrogen) atoms. The Morgan fingerprint density at radius 1 is 1.29 bits per heavy atom. The molecule has 3 rings (SSSR count). The van der Waals surface area contributed by atoms with Crippen molar-refractivity contribution in [1.82, 2.24) is 20.0 Å². The number of hydrogen-bond donors (Lipinski definition) is 5. The minimum absolute atomic E-state index is 0.0000146. The Kier molecular flexibility index (Phi) is 5.18. The summed E-state index contributed by atoms with van der Waals surface area (Å²) in [5.74, 6) is -5.37. The number of nitrogens with zero attached hydrogens (tertiary/aromatic N) is 3. The fourth-order valence-corrected chi connectivity index (χ4v) is 3.08. The van der Waals surface area contributed by atoms with Gasteiger partial charge in [-0.3, -0.25) is 4.79 Å². The number of halogens is 3. The van der Waals surface area contributed by atoms with Crippen LogP contribution >= 0.6 is 0 Å². The van der Waals surface area contributed by atoms with Crippen LogP contribution in [0.25, 0.3) is 0 Å². The molecule has 0 spiro atoms. The Balaban J connectivity index is 1.96. The second-order valence-electron chi connectivity index (χ2n) is 6.44. The summed E-state index contributed by atoms with van der Waals surface area (Å²) in [7, 11) is 1.47. The van der Waals surface area contributed by atoms with Crippen LogP contribution in [0.4, 0.5) is 24.5 Å². The van der Waals surface area contributed by atoms with Crippen molar-refractivity contribution in [2.75, 3.05) is 11.9 Å². The lowest BCUT2D eigenvalue weighted by Gasteiger charge is -2.27. The number of quaternary nitrogens is 1. The van der Waals surface area contributed by atoms with Gasteiger partial charge in [0.1, 0.15) is 11.9 Å². The van der Waals surface area contributed by atoms with Gasteiger partial charge in [-0.15, -0.1) is 0 Å². The number of fused-ring (bicyclic) bond motifs is 1. The van der Waals surface area contributed by atoms with Gasteiger partial charge in [-0.1, -0.05) is 0 Å². The highest BCUT2D eigenvalue weighted by Gasteiger charge is 2.41. The maximum absolute atomic E-state index is 13.4. The van der Waals surface area contributed by atoms with E-state index in [4.69, 9.17) is 0 Å². The van der Waals surface area contributed by atoms with Gasteiger partial charge in [0.05, 0.1) is 16.7 Å². The van der Waals surface area contributed by atoms with Crippen LogP contribution in [0, 0.1) is 17.5 Å². The number of amides is 1. The first-order chi connectivity index (χ1) is 13.0. The summed E-state index contributed by atoms with van der Waals surface area (Å²) in [6.45, 7) is 1.53. The van der Waals surface area contributed by atoms with E-state index in [0.29, 0.717) is 12.1 Å². The number of hydrazine groups is 1. The molecule has 0 saturated heterocycles. The molecule has 2 heterocycles. The van der Waals surface area contributed by atoms with Crippen molar-refractivity contribution in [2.24, 2.45) is 7.05 Å². The van der Waals surface area contributed by atoms with Gasteiger partial charge in [-0.05, 0) is 18.9 Å². The molecule has 1 aliphatic heterocycles. The monoisotopic (exact) mass is 402 g/mol. The molecular weight excluding hydrogens is 383 g/mol. The number of nitrogens with one attached hydrogen (secondary N) is 2. The van der Waals surface area contributed by atoms with Crippen molar-refractivity contribution in [2.45, 2.75) is 19.6 Å². The zero-order valence-corrected chi connectivity index (χ0v) is 14.9. The van der Waals surface area contributed by atoms with Gasteiger partial charge in [0.25, 0.3) is 5.91 Å². The molecule has 1 amide bonds. The normalized spacial score (nSPS) is 17.7. The molecule has 0 bridgehead atoms. The van der Waals surface area contributed by atoms with E-state index in [9.17, 15) is 33.5 Å². The smallest absolute Gasteiger partial charge is 0.272 e. The van der Waals surface area contributed by atoms with Crippen molar-refractivity contribution >= 4 is 17.3 Å². The van der Waals surface area contributed by atoms with Gasteiger partial charge in [0.2, 0.25) is 5.69 Å². The topological polar surface area (TPSA) is 110 Å². The Bertz CT molecular complexity index is 908. The molecule has 0 aliphatic carbocycles. The minimum atomic E-state index is -1.82. The fraction of sp³-hybridized carbons (Fsp3) is 0.312. The van der Waals surface area contributed by atoms with E-state index in [2.05, 4.69) is 10.9 Å². The predicted molar refractivity (Wildman–Crippen MR) is 90.3 cm³/mol. The van der Waals surface area contributed by atoms with E-state index >= 15 is 0 Å². The molecule has 152 valence electrons. The van der Waals surface area contributed by atoms with Crippen LogP contribution in [0.15, 0.2) is 18.3 Å². The van der Waals surface area contributed by atoms with Crippen molar-refractivity contribution in [1.29, 1.82) is 0 Å². The highest BCUT2D eigenvalue weighted by Crippen LogP contribution is 2.31. The Hall–Kier alpha value is -2.48. The van der Waals surface area contributed by atoms with Gasteiger partial charge >= 0.3 is 0 Å². The highest BCUT2D eigenvalue weighted by molar-refractivity contribution is 6.05. The van der Waals surface area contributed by atoms with Crippen LogP contribution in [-0.2, 0) is 13.5 Å². The summed E-state index contributed by atoms with van der Waals surface area (Å²) in [5, 5.41) is 33.7. The van der Waals surface area contributed by atoms with E-state index in [1.807, 2.05) is 0 Å². The third kappa shape index (κ3) is 3.61. The SMILES string of the molecule is C[C@H](O)N1CCc2c(cn(C)c2C(=O)Nc2cc(F)c(F)c(F)c2)[N+](O)(O)N1. The van der Waals surface area contributed by atoms with Crippen LogP contribution in [0.3, 0.4) is 0 Å². The van der Waals surface area contributed by atoms with E-state index in [0.717, 1.165) is 5.01 Å². The van der Waals surface area contributed by atoms with Crippen molar-refractivity contribution < 1.29 is 33.5 Å². The Labute approximate surface area is 157 Å². The highest BCUT2D eigenvalue weighted by atomic mass is 19.2. The Morgan fingerprint density at radius 3 is 2.46 bits per heavy atom. The molecule has 5 N–H and O–H groups in total. The van der Waals surface area contributed by atoms with Gasteiger partial charge < -0.3 is 15.0 Å². The molecule has 0 unspecified atom stereocenters. The largest absolute Gasteiger partial charge is 0.377 e. The lowest BCUT2D eigenvalue weighted by molar-refractivity contribution is -0.360. The number of benzene rings is 1. The summed E-state index contributed by atoms with van der Waals surface area (Å²) >= 11 is 0. The van der Waals surface area contributed by atoms with Crippen LogP contribution in [0.1, 0.15) is 23.0 Å². The maximum Gasteiger partial charge on any atom is 0.272 e. The minimum Gasteiger partial charge on any atom is -0.377 e. The van der Waals surface area contributed by atoms with E-state index in [1.54, 1.807) is 0 Å². The number of aliphatic hydroxyl groups is 1. The molecule has 0 saturated carbocycles. The number of carbonyl (C=O) groups excluding carboxylic acids is 1. The number of rotatable bonds is 3. The lowest BCUT2D eigenvalue weighted by atomic mass is 10.1. The number of aromatic nitrogens is 1. The van der Waals surface area contributed by atoms with E-state index in [-0.39, 0.29) is 35.6 Å². The summed E-state index contributed by atoms with van der Waals surface area (Å²) in [6.07, 6.45) is 0.371. The van der Waals surface area contributed by atoms with E-state index in [1.165, 1.54) is 24.7 Å². The number of aliphatic hydroxyl groups excluding tert-OH is 1. The Morgan fingerprint density at radius 2 is 1.89 bits per heavy atom. The van der Waals surface area contributed by atoms with Crippen LogP contribution in [-0.4, -0.2) is 43.8 Å². The zero-order valence-electron chi connectivity index (χ0n) is 14.9. The lowest BCUT2D eigenvalue weighted by Crippen LogP contribution is -2.62. The molecule has 1 aromatic heterocycles. The summed E-state index contributed by atoms with van der Waals surface area (Å²) in [4.78, 5) is 10.9. The number of aryl methyl sites for hydroxylation is 1. The maximum atomic E-state index is 13.4. The quantitative estimate of drug-likeness (QED) is 0.392. The zero-order chi connectivity index (χ0) is 20.8. The first-order valence-electron chi connectivity index (χ1n) is 8.23. The van der Waals surface area contributed by atoms with Crippen molar-refractivity contribution in [3.63, 3.8) is 0 Å². The number of anilines is 1. The van der Waals surface area contributed by atoms with Gasteiger partial charge in [-0.25, -0.2) is 13.2 Å². The molecule has 1 aliphatic rings. The summed E-state index contributed by atoms with van der Waals surface area (Å²) < 4.78 is 41.2. The van der Waals surface area contributed by atoms with Gasteiger partial charge in [0, 0.05) is 31.4 Å². The first-order valence-corrected chi connectivity index (χ1v) is 8.23. The molecule has 0 radical (unpaired) electrons. The van der Waals surface area contributed by atoms with Crippen molar-refractivity contribution in [3.8, 4) is 0 Å². The fourth-order valence-electron chi connectivity index (χ4n) is 3.08. The van der Waals surface area contributed by atoms with E-state index < -0.39 is 34.5 Å². The third-order valence-corrected chi connectivity index (χ3v) is 4.38. The molecular formula is C16H19F3N5O4+. The van der Waals surface area contributed by atoms with Crippen LogP contribution in [0.2, 0.25) is 0 Å². The van der Waals surface area contributed by atoms with Crippen LogP contribution in [0.5, 0.6) is 0 Å². The molecule has 1 aromatic carbocycles. The van der Waals surface area contributed by atoms with Crippen LogP contribution < -0.4 is 15.8 Å². The molecule has 12 heteroatoms. The van der Waals surface area contributed by atoms with Gasteiger partial charge in [0.15, 0.2) is 17.5 Å². The van der Waals surface area contributed by atoms with Crippen molar-refractivity contribution in [3.05, 3.63) is 47.0 Å². The summed E-state index contributed by atoms with van der Waals surface area (Å²) in [6, 6.07) is 1.26. The summed E-state index contributed by atoms with van der Waals surface area (Å²) in [5.41, 5.74) is 2.17. The second kappa shape index (κ2) is 7.16. The van der Waals surface area contributed by atoms with Gasteiger partial charge in [-0.2, -0.15) is 15.4 Å². The number of hydrogen-bond acceptors (Lipinski definition) is 6. The third-order valence-electron chi connectivity index (χ3n) is 4.38. The molecule has 0 fully saturated rings. The molecule has 1 atom stereocenters. The average molecular weight is 402 g/mol. The predicted octanol–water partition coefficient (Wildman–Crippen LogP) is 1.40. The number of carbonyl (C=O) groups is 1. The standard InChI is InChI=1S/C16H18F3N5O4/c1-8(25)23-4-3-10-13(24(27,28)21-23)7-22(2)15(10)16(26)20-9-5-11(17)14(19)12(18)6-9/h5-8,21,25,27-28H,3-4H2,1-2H3/p+1/t8-/m0/s1. The first kappa shape index (κ1) is 20.3.